The van der Waals surface area contributed by atoms with Crippen LogP contribution in [0.15, 0.2) is 66.9 Å². The Hall–Kier alpha value is -2.68. The van der Waals surface area contributed by atoms with Gasteiger partial charge in [-0.2, -0.15) is 0 Å². The van der Waals surface area contributed by atoms with Crippen LogP contribution < -0.4 is 5.32 Å². The van der Waals surface area contributed by atoms with Crippen LogP contribution in [0.5, 0.6) is 0 Å². The van der Waals surface area contributed by atoms with Crippen molar-refractivity contribution in [1.29, 1.82) is 0 Å². The van der Waals surface area contributed by atoms with Crippen LogP contribution in [0.1, 0.15) is 24.1 Å². The number of pyridine rings is 1. The van der Waals surface area contributed by atoms with Gasteiger partial charge in [0.05, 0.1) is 0 Å². The standard InChI is InChI=1S/C20H20N2O/c23-20(10-5-9-19-8-3-4-13-21-19)22-15-16-11-12-17-6-1-2-7-18(17)14-16/h1-4,6-8,11-14H,5,9-10,15H2,(H,22,23). The molecule has 23 heavy (non-hydrogen) atoms. The highest BCUT2D eigenvalue weighted by Gasteiger charge is 2.03. The van der Waals surface area contributed by atoms with Crippen LogP contribution >= 0.6 is 0 Å². The fraction of sp³-hybridized carbons (Fsp3) is 0.200. The first-order valence-electron chi connectivity index (χ1n) is 7.95. The van der Waals surface area contributed by atoms with Crippen molar-refractivity contribution >= 4 is 16.7 Å². The molecule has 1 N–H and O–H groups in total. The van der Waals surface area contributed by atoms with Crippen molar-refractivity contribution < 1.29 is 4.79 Å². The van der Waals surface area contributed by atoms with Gasteiger partial charge in [0, 0.05) is 24.9 Å². The molecule has 116 valence electrons. The van der Waals surface area contributed by atoms with Crippen molar-refractivity contribution in [3.8, 4) is 0 Å². The molecule has 0 unspecified atom stereocenters. The van der Waals surface area contributed by atoms with Gasteiger partial charge in [0.1, 0.15) is 0 Å². The smallest absolute Gasteiger partial charge is 0.220 e. The molecular formula is C20H20N2O. The fourth-order valence-electron chi connectivity index (χ4n) is 2.61. The number of amides is 1. The second-order valence-electron chi connectivity index (χ2n) is 5.63. The summed E-state index contributed by atoms with van der Waals surface area (Å²) < 4.78 is 0. The molecule has 0 fully saturated rings. The molecule has 0 saturated carbocycles. The lowest BCUT2D eigenvalue weighted by molar-refractivity contribution is -0.121. The lowest BCUT2D eigenvalue weighted by Gasteiger charge is -2.07. The van der Waals surface area contributed by atoms with Crippen molar-refractivity contribution in [1.82, 2.24) is 10.3 Å². The van der Waals surface area contributed by atoms with Gasteiger partial charge in [-0.3, -0.25) is 9.78 Å². The van der Waals surface area contributed by atoms with Crippen LogP contribution in [0.3, 0.4) is 0 Å². The molecule has 1 aromatic heterocycles. The van der Waals surface area contributed by atoms with E-state index in [1.54, 1.807) is 6.20 Å². The summed E-state index contributed by atoms with van der Waals surface area (Å²) in [5, 5.41) is 5.41. The third-order valence-electron chi connectivity index (χ3n) is 3.87. The monoisotopic (exact) mass is 304 g/mol. The van der Waals surface area contributed by atoms with Crippen molar-refractivity contribution in [2.45, 2.75) is 25.8 Å². The molecule has 3 aromatic rings. The lowest BCUT2D eigenvalue weighted by Crippen LogP contribution is -2.22. The number of aromatic nitrogens is 1. The Morgan fingerprint density at radius 2 is 1.78 bits per heavy atom. The second kappa shape index (κ2) is 7.54. The van der Waals surface area contributed by atoms with E-state index in [9.17, 15) is 4.79 Å². The summed E-state index contributed by atoms with van der Waals surface area (Å²) in [7, 11) is 0. The Labute approximate surface area is 136 Å². The summed E-state index contributed by atoms with van der Waals surface area (Å²) in [6.07, 6.45) is 3.98. The van der Waals surface area contributed by atoms with Gasteiger partial charge in [0.25, 0.3) is 0 Å². The molecule has 3 rings (SSSR count). The number of aryl methyl sites for hydroxylation is 1. The van der Waals surface area contributed by atoms with Crippen LogP contribution in [0.2, 0.25) is 0 Å². The van der Waals surface area contributed by atoms with Gasteiger partial charge < -0.3 is 5.32 Å². The molecular weight excluding hydrogens is 284 g/mol. The van der Waals surface area contributed by atoms with E-state index < -0.39 is 0 Å². The Bertz CT molecular complexity index is 784. The summed E-state index contributed by atoms with van der Waals surface area (Å²) in [5.74, 6) is 0.0917. The number of carbonyl (C=O) groups excluding carboxylic acids is 1. The molecule has 1 amide bonds. The Balaban J connectivity index is 1.46. The third kappa shape index (κ3) is 4.39. The summed E-state index contributed by atoms with van der Waals surface area (Å²) in [6, 6.07) is 20.4. The third-order valence-corrected chi connectivity index (χ3v) is 3.87. The quantitative estimate of drug-likeness (QED) is 0.751. The van der Waals surface area contributed by atoms with Gasteiger partial charge in [-0.25, -0.2) is 0 Å². The van der Waals surface area contributed by atoms with E-state index in [4.69, 9.17) is 0 Å². The van der Waals surface area contributed by atoms with E-state index in [1.165, 1.54) is 10.8 Å². The minimum absolute atomic E-state index is 0.0917. The van der Waals surface area contributed by atoms with Crippen molar-refractivity contribution in [2.24, 2.45) is 0 Å². The number of carbonyl (C=O) groups is 1. The van der Waals surface area contributed by atoms with E-state index in [1.807, 2.05) is 30.3 Å². The van der Waals surface area contributed by atoms with Crippen molar-refractivity contribution in [3.05, 3.63) is 78.1 Å². The molecule has 0 aliphatic carbocycles. The highest BCUT2D eigenvalue weighted by Crippen LogP contribution is 2.15. The molecule has 0 spiro atoms. The molecule has 0 aliphatic heterocycles. The molecule has 3 heteroatoms. The summed E-state index contributed by atoms with van der Waals surface area (Å²) in [5.41, 5.74) is 2.16. The zero-order chi connectivity index (χ0) is 15.9. The topological polar surface area (TPSA) is 42.0 Å². The van der Waals surface area contributed by atoms with Gasteiger partial charge in [-0.1, -0.05) is 42.5 Å². The van der Waals surface area contributed by atoms with E-state index in [0.717, 1.165) is 24.1 Å². The minimum atomic E-state index is 0.0917. The Morgan fingerprint density at radius 1 is 0.957 bits per heavy atom. The fourth-order valence-corrected chi connectivity index (χ4v) is 2.61. The van der Waals surface area contributed by atoms with E-state index in [2.05, 4.69) is 40.6 Å². The normalized spacial score (nSPS) is 10.6. The molecule has 0 saturated heterocycles. The zero-order valence-corrected chi connectivity index (χ0v) is 13.0. The molecule has 0 aliphatic rings. The molecule has 0 atom stereocenters. The number of benzene rings is 2. The average Bonchev–Trinajstić information content (AvgIpc) is 2.61. The largest absolute Gasteiger partial charge is 0.352 e. The predicted octanol–water partition coefficient (Wildman–Crippen LogP) is 3.87. The Morgan fingerprint density at radius 3 is 2.61 bits per heavy atom. The first-order chi connectivity index (χ1) is 11.3. The first kappa shape index (κ1) is 15.2. The van der Waals surface area contributed by atoms with E-state index in [-0.39, 0.29) is 5.91 Å². The zero-order valence-electron chi connectivity index (χ0n) is 13.0. The number of nitrogens with zero attached hydrogens (tertiary/aromatic N) is 1. The number of nitrogens with one attached hydrogen (secondary N) is 1. The van der Waals surface area contributed by atoms with Gasteiger partial charge >= 0.3 is 0 Å². The summed E-state index contributed by atoms with van der Waals surface area (Å²) in [6.45, 7) is 0.577. The summed E-state index contributed by atoms with van der Waals surface area (Å²) >= 11 is 0. The summed E-state index contributed by atoms with van der Waals surface area (Å²) in [4.78, 5) is 16.2. The van der Waals surface area contributed by atoms with Crippen LogP contribution in [0.4, 0.5) is 0 Å². The maximum absolute atomic E-state index is 11.9. The number of fused-ring (bicyclic) bond motifs is 1. The van der Waals surface area contributed by atoms with Crippen LogP contribution in [-0.2, 0) is 17.8 Å². The predicted molar refractivity (Wildman–Crippen MR) is 93.0 cm³/mol. The van der Waals surface area contributed by atoms with E-state index in [0.29, 0.717) is 13.0 Å². The van der Waals surface area contributed by atoms with Crippen LogP contribution in [0, 0.1) is 0 Å². The lowest BCUT2D eigenvalue weighted by atomic mass is 10.1. The van der Waals surface area contributed by atoms with Crippen LogP contribution in [-0.4, -0.2) is 10.9 Å². The van der Waals surface area contributed by atoms with Gasteiger partial charge in [0.15, 0.2) is 0 Å². The SMILES string of the molecule is O=C(CCCc1ccccn1)NCc1ccc2ccccc2c1. The molecule has 1 heterocycles. The number of hydrogen-bond acceptors (Lipinski definition) is 2. The van der Waals surface area contributed by atoms with Gasteiger partial charge in [-0.15, -0.1) is 0 Å². The first-order valence-corrected chi connectivity index (χ1v) is 7.95. The molecule has 2 aromatic carbocycles. The van der Waals surface area contributed by atoms with Crippen molar-refractivity contribution in [3.63, 3.8) is 0 Å². The maximum atomic E-state index is 11.9. The van der Waals surface area contributed by atoms with Crippen molar-refractivity contribution in [2.75, 3.05) is 0 Å². The highest BCUT2D eigenvalue weighted by molar-refractivity contribution is 5.83. The van der Waals surface area contributed by atoms with Gasteiger partial charge in [-0.05, 0) is 47.4 Å². The van der Waals surface area contributed by atoms with Crippen LogP contribution in [0.25, 0.3) is 10.8 Å². The highest BCUT2D eigenvalue weighted by atomic mass is 16.1. The molecule has 0 radical (unpaired) electrons. The number of hydrogen-bond donors (Lipinski definition) is 1. The average molecular weight is 304 g/mol. The maximum Gasteiger partial charge on any atom is 0.220 e. The second-order valence-corrected chi connectivity index (χ2v) is 5.63. The molecule has 3 nitrogen and oxygen atoms in total. The van der Waals surface area contributed by atoms with E-state index >= 15 is 0 Å². The van der Waals surface area contributed by atoms with Gasteiger partial charge in [0.2, 0.25) is 5.91 Å². The Kier molecular flexibility index (Phi) is 4.99. The minimum Gasteiger partial charge on any atom is -0.352 e. The molecule has 0 bridgehead atoms. The number of rotatable bonds is 6.